The molecule has 2 N–H and O–H groups in total. The number of halogens is 4. The molecule has 0 bridgehead atoms. The van der Waals surface area contributed by atoms with E-state index in [1.165, 1.54) is 10.7 Å². The van der Waals surface area contributed by atoms with Crippen molar-refractivity contribution >= 4 is 21.7 Å². The highest BCUT2D eigenvalue weighted by molar-refractivity contribution is 9.10. The van der Waals surface area contributed by atoms with E-state index in [4.69, 9.17) is 5.73 Å². The molecule has 0 atom stereocenters. The molecule has 0 radical (unpaired) electrons. The Kier molecular flexibility index (Phi) is 3.04. The second-order valence-electron chi connectivity index (χ2n) is 4.74. The van der Waals surface area contributed by atoms with Crippen molar-refractivity contribution in [1.82, 2.24) is 9.78 Å². The van der Waals surface area contributed by atoms with Crippen molar-refractivity contribution in [3.8, 4) is 5.69 Å². The van der Waals surface area contributed by atoms with E-state index in [1.807, 2.05) is 0 Å². The molecule has 7 heteroatoms. The van der Waals surface area contributed by atoms with Crippen LogP contribution >= 0.6 is 15.9 Å². The van der Waals surface area contributed by atoms with E-state index < -0.39 is 11.7 Å². The molecule has 1 aromatic carbocycles. The highest BCUT2D eigenvalue weighted by Crippen LogP contribution is 2.35. The predicted octanol–water partition coefficient (Wildman–Crippen LogP) is 3.72. The van der Waals surface area contributed by atoms with Gasteiger partial charge in [-0.2, -0.15) is 18.3 Å². The fourth-order valence-electron chi connectivity index (χ4n) is 2.52. The Hall–Kier alpha value is -1.50. The van der Waals surface area contributed by atoms with Crippen molar-refractivity contribution in [2.45, 2.75) is 25.4 Å². The first kappa shape index (κ1) is 13.5. The van der Waals surface area contributed by atoms with Gasteiger partial charge in [-0.1, -0.05) is 0 Å². The lowest BCUT2D eigenvalue weighted by atomic mass is 10.2. The van der Waals surface area contributed by atoms with Crippen molar-refractivity contribution < 1.29 is 13.2 Å². The van der Waals surface area contributed by atoms with Crippen LogP contribution in [-0.2, 0) is 19.0 Å². The molecule has 3 rings (SSSR count). The molecule has 20 heavy (non-hydrogen) atoms. The van der Waals surface area contributed by atoms with Gasteiger partial charge in [0.15, 0.2) is 0 Å². The Balaban J connectivity index is 2.18. The summed E-state index contributed by atoms with van der Waals surface area (Å²) in [7, 11) is 0. The highest BCUT2D eigenvalue weighted by atomic mass is 79.9. The summed E-state index contributed by atoms with van der Waals surface area (Å²) in [6.45, 7) is 0. The quantitative estimate of drug-likeness (QED) is 0.855. The van der Waals surface area contributed by atoms with Crippen molar-refractivity contribution in [3.63, 3.8) is 0 Å². The lowest BCUT2D eigenvalue weighted by Gasteiger charge is -2.12. The average Bonchev–Trinajstić information content (AvgIpc) is 2.93. The summed E-state index contributed by atoms with van der Waals surface area (Å²) in [6, 6.07) is 3.52. The number of nitrogens with two attached hydrogens (primary N) is 1. The molecule has 1 aliphatic rings. The van der Waals surface area contributed by atoms with E-state index in [2.05, 4.69) is 21.0 Å². The normalized spacial score (nSPS) is 14.6. The number of rotatable bonds is 1. The number of anilines is 1. The van der Waals surface area contributed by atoms with Gasteiger partial charge in [0.05, 0.1) is 11.3 Å². The Morgan fingerprint density at radius 1 is 1.25 bits per heavy atom. The first-order chi connectivity index (χ1) is 9.38. The molecule has 2 aromatic rings. The summed E-state index contributed by atoms with van der Waals surface area (Å²) < 4.78 is 40.6. The summed E-state index contributed by atoms with van der Waals surface area (Å²) in [6.07, 6.45) is -1.81. The first-order valence-corrected chi connectivity index (χ1v) is 6.90. The maximum atomic E-state index is 12.8. The number of alkyl halides is 3. The Morgan fingerprint density at radius 3 is 2.70 bits per heavy atom. The van der Waals surface area contributed by atoms with E-state index in [0.29, 0.717) is 16.0 Å². The Labute approximate surface area is 121 Å². The third-order valence-electron chi connectivity index (χ3n) is 3.46. The highest BCUT2D eigenvalue weighted by Gasteiger charge is 2.32. The first-order valence-electron chi connectivity index (χ1n) is 6.11. The van der Waals surface area contributed by atoms with E-state index in [1.54, 1.807) is 0 Å². The van der Waals surface area contributed by atoms with Crippen LogP contribution in [0.4, 0.5) is 19.0 Å². The standard InChI is InChI=1S/C13H11BrF3N3/c14-9-5-4-7(13(15,16)17)6-11(9)20-10-3-1-2-8(10)12(18)19-20/h4-6H,1-3H2,(H2,18,19). The van der Waals surface area contributed by atoms with Gasteiger partial charge in [-0.25, -0.2) is 4.68 Å². The Morgan fingerprint density at radius 2 is 2.00 bits per heavy atom. The van der Waals surface area contributed by atoms with E-state index in [0.717, 1.165) is 42.7 Å². The van der Waals surface area contributed by atoms with Gasteiger partial charge < -0.3 is 5.73 Å². The SMILES string of the molecule is Nc1nn(-c2cc(C(F)(F)F)ccc2Br)c2c1CCC2. The van der Waals surface area contributed by atoms with Gasteiger partial charge in [0, 0.05) is 15.7 Å². The molecule has 0 saturated heterocycles. The lowest BCUT2D eigenvalue weighted by Crippen LogP contribution is -2.08. The van der Waals surface area contributed by atoms with E-state index >= 15 is 0 Å². The number of benzene rings is 1. The molecule has 0 unspecified atom stereocenters. The van der Waals surface area contributed by atoms with Crippen LogP contribution in [-0.4, -0.2) is 9.78 Å². The average molecular weight is 346 g/mol. The zero-order chi connectivity index (χ0) is 14.5. The molecule has 1 heterocycles. The van der Waals surface area contributed by atoms with Gasteiger partial charge in [0.1, 0.15) is 5.82 Å². The van der Waals surface area contributed by atoms with Crippen LogP contribution in [0.3, 0.4) is 0 Å². The van der Waals surface area contributed by atoms with Gasteiger partial charge in [-0.05, 0) is 53.4 Å². The van der Waals surface area contributed by atoms with Crippen LogP contribution in [0.1, 0.15) is 23.2 Å². The number of hydrogen-bond donors (Lipinski definition) is 1. The molecule has 0 amide bonds. The number of nitrogens with zero attached hydrogens (tertiary/aromatic N) is 2. The summed E-state index contributed by atoms with van der Waals surface area (Å²) >= 11 is 3.28. The second kappa shape index (κ2) is 4.51. The molecular formula is C13H11BrF3N3. The fraction of sp³-hybridized carbons (Fsp3) is 0.308. The van der Waals surface area contributed by atoms with Crippen molar-refractivity contribution in [3.05, 3.63) is 39.5 Å². The third kappa shape index (κ3) is 2.09. The number of aromatic nitrogens is 2. The third-order valence-corrected chi connectivity index (χ3v) is 4.13. The maximum absolute atomic E-state index is 12.8. The van der Waals surface area contributed by atoms with Gasteiger partial charge in [0.25, 0.3) is 0 Å². The maximum Gasteiger partial charge on any atom is 0.416 e. The number of hydrogen-bond acceptors (Lipinski definition) is 2. The molecule has 0 spiro atoms. The van der Waals surface area contributed by atoms with Crippen molar-refractivity contribution in [1.29, 1.82) is 0 Å². The monoisotopic (exact) mass is 345 g/mol. The minimum atomic E-state index is -4.38. The molecule has 0 saturated carbocycles. The van der Waals surface area contributed by atoms with Crippen LogP contribution in [0, 0.1) is 0 Å². The molecule has 3 nitrogen and oxygen atoms in total. The van der Waals surface area contributed by atoms with Crippen molar-refractivity contribution in [2.24, 2.45) is 0 Å². The minimum Gasteiger partial charge on any atom is -0.382 e. The van der Waals surface area contributed by atoms with Gasteiger partial charge >= 0.3 is 6.18 Å². The van der Waals surface area contributed by atoms with Crippen molar-refractivity contribution in [2.75, 3.05) is 5.73 Å². The van der Waals surface area contributed by atoms with Crippen LogP contribution in [0.15, 0.2) is 22.7 Å². The summed E-state index contributed by atoms with van der Waals surface area (Å²) in [5.74, 6) is 0.404. The lowest BCUT2D eigenvalue weighted by molar-refractivity contribution is -0.137. The zero-order valence-electron chi connectivity index (χ0n) is 10.3. The van der Waals surface area contributed by atoms with E-state index in [-0.39, 0.29) is 0 Å². The second-order valence-corrected chi connectivity index (χ2v) is 5.59. The smallest absolute Gasteiger partial charge is 0.382 e. The number of nitrogen functional groups attached to an aromatic ring is 1. The largest absolute Gasteiger partial charge is 0.416 e. The Bertz CT molecular complexity index is 676. The van der Waals surface area contributed by atoms with Crippen LogP contribution in [0.5, 0.6) is 0 Å². The molecular weight excluding hydrogens is 335 g/mol. The van der Waals surface area contributed by atoms with Crippen LogP contribution in [0.25, 0.3) is 5.69 Å². The predicted molar refractivity (Wildman–Crippen MR) is 72.7 cm³/mol. The molecule has 1 aliphatic carbocycles. The van der Waals surface area contributed by atoms with Gasteiger partial charge in [-0.15, -0.1) is 0 Å². The molecule has 106 valence electrons. The topological polar surface area (TPSA) is 43.8 Å². The summed E-state index contributed by atoms with van der Waals surface area (Å²) in [5.41, 5.74) is 7.37. The van der Waals surface area contributed by atoms with E-state index in [9.17, 15) is 13.2 Å². The fourth-order valence-corrected chi connectivity index (χ4v) is 2.93. The molecule has 1 aromatic heterocycles. The van der Waals surface area contributed by atoms with Gasteiger partial charge in [-0.3, -0.25) is 0 Å². The minimum absolute atomic E-state index is 0.370. The zero-order valence-corrected chi connectivity index (χ0v) is 11.9. The number of fused-ring (bicyclic) bond motifs is 1. The summed E-state index contributed by atoms with van der Waals surface area (Å²) in [4.78, 5) is 0. The molecule has 0 aliphatic heterocycles. The van der Waals surface area contributed by atoms with Crippen LogP contribution in [0.2, 0.25) is 0 Å². The van der Waals surface area contributed by atoms with Crippen LogP contribution < -0.4 is 5.73 Å². The molecule has 0 fully saturated rings. The summed E-state index contributed by atoms with van der Waals surface area (Å²) in [5, 5.41) is 4.18. The van der Waals surface area contributed by atoms with Gasteiger partial charge in [0.2, 0.25) is 0 Å².